The summed E-state index contributed by atoms with van der Waals surface area (Å²) in [6.07, 6.45) is 6.38. The maximum atomic E-state index is 11.9. The predicted molar refractivity (Wildman–Crippen MR) is 75.8 cm³/mol. The first-order chi connectivity index (χ1) is 9.10. The van der Waals surface area contributed by atoms with Gasteiger partial charge < -0.3 is 15.3 Å². The molecule has 1 heterocycles. The molecule has 1 aliphatic carbocycles. The summed E-state index contributed by atoms with van der Waals surface area (Å²) in [7, 11) is 0. The molecule has 3 atom stereocenters. The normalized spacial score (nSPS) is 30.6. The zero-order chi connectivity index (χ0) is 13.8. The number of nitrogens with one attached hydrogen (secondary N) is 1. The molecule has 1 amide bonds. The highest BCUT2D eigenvalue weighted by Crippen LogP contribution is 2.24. The smallest absolute Gasteiger partial charge is 0.222 e. The number of aliphatic hydroxyl groups excluding tert-OH is 1. The molecule has 1 aliphatic heterocycles. The SMILES string of the molecule is CCC(=O)N1CC(NC2CCCC2)CC(C(C)O)C1. The molecule has 19 heavy (non-hydrogen) atoms. The second-order valence-electron chi connectivity index (χ2n) is 6.23. The molecule has 2 N–H and O–H groups in total. The van der Waals surface area contributed by atoms with E-state index in [0.717, 1.165) is 13.0 Å². The molecule has 110 valence electrons. The van der Waals surface area contributed by atoms with Gasteiger partial charge in [-0.05, 0) is 26.2 Å². The number of hydrogen-bond donors (Lipinski definition) is 2. The zero-order valence-corrected chi connectivity index (χ0v) is 12.3. The highest BCUT2D eigenvalue weighted by molar-refractivity contribution is 5.76. The zero-order valence-electron chi connectivity index (χ0n) is 12.3. The van der Waals surface area contributed by atoms with Gasteiger partial charge in [0.15, 0.2) is 0 Å². The molecular formula is C15H28N2O2. The van der Waals surface area contributed by atoms with Gasteiger partial charge in [0.1, 0.15) is 0 Å². The summed E-state index contributed by atoms with van der Waals surface area (Å²) < 4.78 is 0. The lowest BCUT2D eigenvalue weighted by molar-refractivity contribution is -0.134. The fourth-order valence-corrected chi connectivity index (χ4v) is 3.46. The van der Waals surface area contributed by atoms with E-state index < -0.39 is 0 Å². The summed E-state index contributed by atoms with van der Waals surface area (Å²) in [5.74, 6) is 0.423. The topological polar surface area (TPSA) is 52.6 Å². The van der Waals surface area contributed by atoms with Gasteiger partial charge >= 0.3 is 0 Å². The fourth-order valence-electron chi connectivity index (χ4n) is 3.46. The van der Waals surface area contributed by atoms with Crippen LogP contribution in [0.1, 0.15) is 52.4 Å². The van der Waals surface area contributed by atoms with Gasteiger partial charge in [0.2, 0.25) is 5.91 Å². The molecular weight excluding hydrogens is 240 g/mol. The third-order valence-corrected chi connectivity index (χ3v) is 4.65. The number of rotatable bonds is 4. The minimum atomic E-state index is -0.333. The Hall–Kier alpha value is -0.610. The van der Waals surface area contributed by atoms with Gasteiger partial charge in [-0.3, -0.25) is 4.79 Å². The van der Waals surface area contributed by atoms with Gasteiger partial charge in [0.05, 0.1) is 6.10 Å². The van der Waals surface area contributed by atoms with E-state index in [4.69, 9.17) is 0 Å². The van der Waals surface area contributed by atoms with Crippen LogP contribution in [0.5, 0.6) is 0 Å². The molecule has 0 aromatic carbocycles. The molecule has 0 aromatic rings. The monoisotopic (exact) mass is 268 g/mol. The molecule has 1 saturated heterocycles. The van der Waals surface area contributed by atoms with Gasteiger partial charge in [-0.1, -0.05) is 19.8 Å². The minimum absolute atomic E-state index is 0.211. The van der Waals surface area contributed by atoms with Crippen molar-refractivity contribution in [1.82, 2.24) is 10.2 Å². The maximum absolute atomic E-state index is 11.9. The Kier molecular flexibility index (Phi) is 5.22. The average Bonchev–Trinajstić information content (AvgIpc) is 2.90. The quantitative estimate of drug-likeness (QED) is 0.813. The van der Waals surface area contributed by atoms with Crippen molar-refractivity contribution in [2.24, 2.45) is 5.92 Å². The van der Waals surface area contributed by atoms with Crippen LogP contribution >= 0.6 is 0 Å². The van der Waals surface area contributed by atoms with Crippen molar-refractivity contribution in [3.63, 3.8) is 0 Å². The van der Waals surface area contributed by atoms with Crippen molar-refractivity contribution in [2.45, 2.75) is 70.6 Å². The summed E-state index contributed by atoms with van der Waals surface area (Å²) in [5.41, 5.74) is 0. The fraction of sp³-hybridized carbons (Fsp3) is 0.933. The van der Waals surface area contributed by atoms with Crippen LogP contribution in [-0.2, 0) is 4.79 Å². The molecule has 0 aromatic heterocycles. The standard InChI is InChI=1S/C15H28N2O2/c1-3-15(19)17-9-12(11(2)18)8-14(10-17)16-13-6-4-5-7-13/h11-14,16,18H,3-10H2,1-2H3. The summed E-state index contributed by atoms with van der Waals surface area (Å²) in [6, 6.07) is 0.975. The Labute approximate surface area is 116 Å². The number of hydrogen-bond acceptors (Lipinski definition) is 3. The van der Waals surface area contributed by atoms with E-state index in [0.29, 0.717) is 25.0 Å². The second kappa shape index (κ2) is 6.71. The molecule has 0 radical (unpaired) electrons. The first-order valence-electron chi connectivity index (χ1n) is 7.82. The first-order valence-corrected chi connectivity index (χ1v) is 7.82. The van der Waals surface area contributed by atoms with Crippen LogP contribution in [0.15, 0.2) is 0 Å². The molecule has 4 nitrogen and oxygen atoms in total. The molecule has 3 unspecified atom stereocenters. The largest absolute Gasteiger partial charge is 0.393 e. The van der Waals surface area contributed by atoms with Gasteiger partial charge in [0.25, 0.3) is 0 Å². The van der Waals surface area contributed by atoms with Crippen LogP contribution in [0.3, 0.4) is 0 Å². The number of carbonyl (C=O) groups is 1. The lowest BCUT2D eigenvalue weighted by Gasteiger charge is -2.40. The maximum Gasteiger partial charge on any atom is 0.222 e. The second-order valence-corrected chi connectivity index (χ2v) is 6.23. The third-order valence-electron chi connectivity index (χ3n) is 4.65. The first kappa shape index (κ1) is 14.8. The highest BCUT2D eigenvalue weighted by atomic mass is 16.3. The third kappa shape index (κ3) is 3.93. The molecule has 0 spiro atoms. The average molecular weight is 268 g/mol. The number of likely N-dealkylation sites (tertiary alicyclic amines) is 1. The highest BCUT2D eigenvalue weighted by Gasteiger charge is 2.32. The number of carbonyl (C=O) groups excluding carboxylic acids is 1. The molecule has 2 rings (SSSR count). The van der Waals surface area contributed by atoms with Crippen molar-refractivity contribution >= 4 is 5.91 Å². The van der Waals surface area contributed by atoms with E-state index in [9.17, 15) is 9.90 Å². The lowest BCUT2D eigenvalue weighted by atomic mass is 9.89. The van der Waals surface area contributed by atoms with E-state index in [2.05, 4.69) is 5.32 Å². The van der Waals surface area contributed by atoms with E-state index >= 15 is 0 Å². The van der Waals surface area contributed by atoms with Gasteiger partial charge in [-0.15, -0.1) is 0 Å². The lowest BCUT2D eigenvalue weighted by Crippen LogP contribution is -2.54. The van der Waals surface area contributed by atoms with Crippen LogP contribution < -0.4 is 5.32 Å². The van der Waals surface area contributed by atoms with Crippen molar-refractivity contribution < 1.29 is 9.90 Å². The van der Waals surface area contributed by atoms with Crippen molar-refractivity contribution in [1.29, 1.82) is 0 Å². The minimum Gasteiger partial charge on any atom is -0.393 e. The Morgan fingerprint density at radius 1 is 1.32 bits per heavy atom. The number of nitrogens with zero attached hydrogens (tertiary/aromatic N) is 1. The summed E-state index contributed by atoms with van der Waals surface area (Å²) >= 11 is 0. The molecule has 1 saturated carbocycles. The van der Waals surface area contributed by atoms with E-state index in [-0.39, 0.29) is 17.9 Å². The van der Waals surface area contributed by atoms with Crippen LogP contribution in [0.25, 0.3) is 0 Å². The van der Waals surface area contributed by atoms with Crippen LogP contribution in [0, 0.1) is 5.92 Å². The van der Waals surface area contributed by atoms with Crippen molar-refractivity contribution in [3.05, 3.63) is 0 Å². The van der Waals surface area contributed by atoms with Crippen LogP contribution in [0.2, 0.25) is 0 Å². The Bertz CT molecular complexity index is 299. The van der Waals surface area contributed by atoms with Crippen LogP contribution in [0.4, 0.5) is 0 Å². The van der Waals surface area contributed by atoms with Crippen LogP contribution in [-0.4, -0.2) is 47.2 Å². The number of amides is 1. The summed E-state index contributed by atoms with van der Waals surface area (Å²) in [4.78, 5) is 13.9. The Balaban J connectivity index is 1.95. The number of piperidine rings is 1. The molecule has 4 heteroatoms. The van der Waals surface area contributed by atoms with Crippen molar-refractivity contribution in [3.8, 4) is 0 Å². The summed E-state index contributed by atoms with van der Waals surface area (Å²) in [6.45, 7) is 5.28. The van der Waals surface area contributed by atoms with E-state index in [1.807, 2.05) is 18.7 Å². The molecule has 0 bridgehead atoms. The Morgan fingerprint density at radius 2 is 2.00 bits per heavy atom. The summed E-state index contributed by atoms with van der Waals surface area (Å²) in [5, 5.41) is 13.6. The van der Waals surface area contributed by atoms with Gasteiger partial charge in [-0.2, -0.15) is 0 Å². The van der Waals surface area contributed by atoms with E-state index in [1.54, 1.807) is 0 Å². The Morgan fingerprint density at radius 3 is 2.58 bits per heavy atom. The van der Waals surface area contributed by atoms with E-state index in [1.165, 1.54) is 25.7 Å². The molecule has 2 fully saturated rings. The number of aliphatic hydroxyl groups is 1. The van der Waals surface area contributed by atoms with Gasteiger partial charge in [-0.25, -0.2) is 0 Å². The predicted octanol–water partition coefficient (Wildman–Crippen LogP) is 1.53. The van der Waals surface area contributed by atoms with Crippen molar-refractivity contribution in [2.75, 3.05) is 13.1 Å². The molecule has 2 aliphatic rings. The van der Waals surface area contributed by atoms with Gasteiger partial charge in [0, 0.05) is 37.5 Å².